The summed E-state index contributed by atoms with van der Waals surface area (Å²) in [6.07, 6.45) is 9.37. The van der Waals surface area contributed by atoms with Crippen molar-refractivity contribution in [3.8, 4) is 0 Å². The van der Waals surface area contributed by atoms with Crippen LogP contribution in [0.2, 0.25) is 0 Å². The Hall–Kier alpha value is -2.10. The average Bonchev–Trinajstić information content (AvgIpc) is 2.80. The van der Waals surface area contributed by atoms with Gasteiger partial charge in [-0.25, -0.2) is 9.59 Å². The fourth-order valence-electron chi connectivity index (χ4n) is 6.27. The first-order chi connectivity index (χ1) is 16.8. The summed E-state index contributed by atoms with van der Waals surface area (Å²) in [7, 11) is 0. The third-order valence-corrected chi connectivity index (χ3v) is 9.26. The van der Waals surface area contributed by atoms with Crippen molar-refractivity contribution >= 4 is 35.3 Å². The smallest absolute Gasteiger partial charge is 0.407 e. The Bertz CT molecular complexity index is 755. The number of fused-ring (bicyclic) bond motifs is 6. The van der Waals surface area contributed by atoms with E-state index in [-0.39, 0.29) is 52.2 Å². The number of nitrogens with one attached hydrogen (secondary N) is 2. The molecule has 10 heteroatoms. The third kappa shape index (κ3) is 6.23. The first-order valence-corrected chi connectivity index (χ1v) is 13.7. The Kier molecular flexibility index (Phi) is 8.47. The molecule has 0 aromatic heterocycles. The van der Waals surface area contributed by atoms with Gasteiger partial charge in [-0.15, -0.1) is 0 Å². The maximum atomic E-state index is 11.7. The molecule has 36 heavy (non-hydrogen) atoms. The number of hydrogen-bond donors (Lipinski definition) is 4. The standard InChI is InChI=1S/C13H22N2O3.C13H22N2O2S/c1-9(2)15-11(17)18-13-6-3-12(4-7-13,5-8-13)10(14)16;1-9(2)15-11(16)17-13-6-3-12(4-7-13,5-8-13)10(14)18/h9H,3-8H2,1-2H3,(H2,14,16)(H,15,17);9H,3-8H2,1-2H3,(H2,14,18)(H,15,16). The predicted molar refractivity (Wildman–Crippen MR) is 141 cm³/mol. The number of primary amides is 1. The van der Waals surface area contributed by atoms with E-state index in [4.69, 9.17) is 33.2 Å². The van der Waals surface area contributed by atoms with E-state index in [1.54, 1.807) is 0 Å². The Labute approximate surface area is 220 Å². The number of thiocarbonyl (C=S) groups is 1. The molecule has 3 amide bonds. The van der Waals surface area contributed by atoms with E-state index in [0.29, 0.717) is 4.99 Å². The van der Waals surface area contributed by atoms with Gasteiger partial charge < -0.3 is 31.6 Å². The second-order valence-electron chi connectivity index (χ2n) is 12.0. The molecule has 0 spiro atoms. The fourth-order valence-corrected chi connectivity index (χ4v) is 6.58. The molecule has 0 atom stereocenters. The molecule has 6 aliphatic rings. The van der Waals surface area contributed by atoms with Gasteiger partial charge in [-0.05, 0) is 105 Å². The highest BCUT2D eigenvalue weighted by Crippen LogP contribution is 2.55. The van der Waals surface area contributed by atoms with E-state index in [9.17, 15) is 14.4 Å². The van der Waals surface area contributed by atoms with Crippen molar-refractivity contribution in [1.82, 2.24) is 10.6 Å². The van der Waals surface area contributed by atoms with Crippen LogP contribution >= 0.6 is 12.2 Å². The normalized spacial score (nSPS) is 34.4. The predicted octanol–water partition coefficient (Wildman–Crippen LogP) is 4.20. The zero-order chi connectivity index (χ0) is 26.8. The third-order valence-electron chi connectivity index (χ3n) is 8.83. The van der Waals surface area contributed by atoms with Gasteiger partial charge >= 0.3 is 12.2 Å². The number of hydrogen-bond acceptors (Lipinski definition) is 6. The van der Waals surface area contributed by atoms with Crippen LogP contribution in [0.5, 0.6) is 0 Å². The van der Waals surface area contributed by atoms with Gasteiger partial charge in [0, 0.05) is 22.9 Å². The summed E-state index contributed by atoms with van der Waals surface area (Å²) in [6, 6.07) is 0.183. The van der Waals surface area contributed by atoms with E-state index in [0.717, 1.165) is 77.0 Å². The first kappa shape index (κ1) is 28.5. The van der Waals surface area contributed by atoms with Gasteiger partial charge in [0.1, 0.15) is 11.2 Å². The van der Waals surface area contributed by atoms with E-state index in [1.807, 2.05) is 27.7 Å². The van der Waals surface area contributed by atoms with Crippen molar-refractivity contribution in [2.75, 3.05) is 0 Å². The van der Waals surface area contributed by atoms with Crippen LogP contribution in [-0.4, -0.2) is 46.4 Å². The number of carbonyl (C=O) groups excluding carboxylic acids is 3. The first-order valence-electron chi connectivity index (χ1n) is 13.3. The van der Waals surface area contributed by atoms with Crippen LogP contribution in [0.15, 0.2) is 0 Å². The lowest BCUT2D eigenvalue weighted by Gasteiger charge is -2.52. The van der Waals surface area contributed by atoms with Crippen molar-refractivity contribution in [1.29, 1.82) is 0 Å². The molecule has 6 saturated carbocycles. The number of ether oxygens (including phenoxy) is 2. The minimum atomic E-state index is -0.365. The van der Waals surface area contributed by atoms with Gasteiger partial charge in [-0.2, -0.15) is 0 Å². The van der Waals surface area contributed by atoms with Crippen LogP contribution in [-0.2, 0) is 14.3 Å². The summed E-state index contributed by atoms with van der Waals surface area (Å²) in [4.78, 5) is 35.6. The molecule has 0 saturated heterocycles. The van der Waals surface area contributed by atoms with Gasteiger partial charge in [0.15, 0.2) is 0 Å². The van der Waals surface area contributed by atoms with Gasteiger partial charge in [-0.1, -0.05) is 12.2 Å². The van der Waals surface area contributed by atoms with Gasteiger partial charge in [0.05, 0.1) is 4.99 Å². The molecule has 6 fully saturated rings. The molecule has 0 unspecified atom stereocenters. The molecular formula is C26H44N4O5S. The van der Waals surface area contributed by atoms with Crippen molar-refractivity contribution in [2.45, 2.75) is 128 Å². The summed E-state index contributed by atoms with van der Waals surface area (Å²) in [5, 5.41) is 5.53. The van der Waals surface area contributed by atoms with Crippen molar-refractivity contribution < 1.29 is 23.9 Å². The number of carbonyl (C=O) groups is 3. The van der Waals surface area contributed by atoms with Crippen LogP contribution in [0.3, 0.4) is 0 Å². The highest BCUT2D eigenvalue weighted by atomic mass is 32.1. The molecule has 0 aromatic rings. The zero-order valence-corrected chi connectivity index (χ0v) is 23.1. The van der Waals surface area contributed by atoms with Crippen LogP contribution in [0.1, 0.15) is 105 Å². The lowest BCUT2D eigenvalue weighted by Crippen LogP contribution is -2.54. The largest absolute Gasteiger partial charge is 0.443 e. The van der Waals surface area contributed by atoms with E-state index in [2.05, 4.69) is 10.6 Å². The Morgan fingerprint density at radius 2 is 0.944 bits per heavy atom. The van der Waals surface area contributed by atoms with Crippen molar-refractivity contribution in [3.63, 3.8) is 0 Å². The Morgan fingerprint density at radius 1 is 0.639 bits per heavy atom. The Balaban J connectivity index is 0.000000201. The molecule has 204 valence electrons. The number of nitrogens with two attached hydrogens (primary N) is 2. The molecule has 0 radical (unpaired) electrons. The monoisotopic (exact) mass is 524 g/mol. The minimum Gasteiger partial charge on any atom is -0.443 e. The number of alkyl carbamates (subject to hydrolysis) is 2. The lowest BCUT2D eigenvalue weighted by molar-refractivity contribution is -0.144. The van der Waals surface area contributed by atoms with Crippen LogP contribution in [0.4, 0.5) is 9.59 Å². The molecule has 6 N–H and O–H groups in total. The van der Waals surface area contributed by atoms with Crippen LogP contribution in [0.25, 0.3) is 0 Å². The summed E-state index contributed by atoms with van der Waals surface area (Å²) < 4.78 is 11.3. The average molecular weight is 525 g/mol. The minimum absolute atomic E-state index is 0.0367. The van der Waals surface area contributed by atoms with Crippen molar-refractivity contribution in [3.05, 3.63) is 0 Å². The molecule has 0 aliphatic heterocycles. The van der Waals surface area contributed by atoms with Crippen molar-refractivity contribution in [2.24, 2.45) is 22.3 Å². The molecule has 4 bridgehead atoms. The molecule has 6 aliphatic carbocycles. The van der Waals surface area contributed by atoms with Gasteiger partial charge in [0.2, 0.25) is 5.91 Å². The molecule has 0 aromatic carbocycles. The van der Waals surface area contributed by atoms with Crippen LogP contribution < -0.4 is 22.1 Å². The van der Waals surface area contributed by atoms with E-state index >= 15 is 0 Å². The quantitative estimate of drug-likeness (QED) is 0.381. The molecular weight excluding hydrogens is 480 g/mol. The summed E-state index contributed by atoms with van der Waals surface area (Å²) in [6.45, 7) is 7.66. The molecule has 0 heterocycles. The maximum Gasteiger partial charge on any atom is 0.407 e. The summed E-state index contributed by atoms with van der Waals surface area (Å²) >= 11 is 5.19. The number of rotatable bonds is 6. The van der Waals surface area contributed by atoms with Crippen LogP contribution in [0, 0.1) is 10.8 Å². The topological polar surface area (TPSA) is 146 Å². The summed E-state index contributed by atoms with van der Waals surface area (Å²) in [5.41, 5.74) is 10.4. The highest BCUT2D eigenvalue weighted by Gasteiger charge is 2.54. The SMILES string of the molecule is CC(C)NC(=O)OC12CCC(C(N)=O)(CC1)CC2.CC(C)NC(=O)OC12CCC(C(N)=S)(CC1)CC2. The lowest BCUT2D eigenvalue weighted by atomic mass is 9.58. The van der Waals surface area contributed by atoms with Gasteiger partial charge in [-0.3, -0.25) is 4.79 Å². The van der Waals surface area contributed by atoms with Gasteiger partial charge in [0.25, 0.3) is 0 Å². The maximum absolute atomic E-state index is 11.7. The second kappa shape index (κ2) is 10.7. The molecule has 9 nitrogen and oxygen atoms in total. The fraction of sp³-hybridized carbons (Fsp3) is 0.846. The van der Waals surface area contributed by atoms with E-state index in [1.165, 1.54) is 0 Å². The summed E-state index contributed by atoms with van der Waals surface area (Å²) in [5.74, 6) is -0.192. The number of amides is 3. The Morgan fingerprint density at radius 3 is 1.19 bits per heavy atom. The zero-order valence-electron chi connectivity index (χ0n) is 22.2. The second-order valence-corrected chi connectivity index (χ2v) is 12.5. The molecule has 6 rings (SSSR count). The highest BCUT2D eigenvalue weighted by molar-refractivity contribution is 7.80. The van der Waals surface area contributed by atoms with E-state index < -0.39 is 0 Å².